The number of aliphatic hydroxyl groups excluding tert-OH is 2. The number of sulfone groups is 1. The minimum absolute atomic E-state index is 0.0997. The number of benzene rings is 1. The summed E-state index contributed by atoms with van der Waals surface area (Å²) >= 11 is 0. The van der Waals surface area contributed by atoms with E-state index < -0.39 is 15.9 Å². The molecule has 1 unspecified atom stereocenters. The van der Waals surface area contributed by atoms with Crippen LogP contribution >= 0.6 is 0 Å². The van der Waals surface area contributed by atoms with Crippen LogP contribution in [0.25, 0.3) is 0 Å². The van der Waals surface area contributed by atoms with Crippen molar-refractivity contribution < 1.29 is 18.6 Å². The van der Waals surface area contributed by atoms with Crippen LogP contribution in [0.15, 0.2) is 23.1 Å². The molecule has 0 bridgehead atoms. The molecular formula is C14H22N2O4S. The molecule has 1 atom stereocenters. The molecule has 0 saturated carbocycles. The maximum atomic E-state index is 11.8. The van der Waals surface area contributed by atoms with Crippen LogP contribution in [0.4, 0.5) is 11.4 Å². The van der Waals surface area contributed by atoms with E-state index in [0.717, 1.165) is 37.9 Å². The molecule has 1 aliphatic rings. The molecule has 1 aromatic rings. The van der Waals surface area contributed by atoms with Crippen molar-refractivity contribution >= 4 is 21.2 Å². The number of anilines is 2. The second-order valence-corrected chi connectivity index (χ2v) is 7.35. The lowest BCUT2D eigenvalue weighted by atomic mass is 10.2. The highest BCUT2D eigenvalue weighted by Gasteiger charge is 2.18. The minimum Gasteiger partial charge on any atom is -0.394 e. The summed E-state index contributed by atoms with van der Waals surface area (Å²) < 4.78 is 23.7. The Kier molecular flexibility index (Phi) is 5.08. The van der Waals surface area contributed by atoms with Crippen LogP contribution in [0.3, 0.4) is 0 Å². The molecule has 7 heteroatoms. The summed E-state index contributed by atoms with van der Waals surface area (Å²) in [6.07, 6.45) is 2.51. The van der Waals surface area contributed by atoms with Gasteiger partial charge >= 0.3 is 0 Å². The summed E-state index contributed by atoms with van der Waals surface area (Å²) in [5.41, 5.74) is 1.44. The Hall–Kier alpha value is -1.31. The smallest absolute Gasteiger partial charge is 0.177 e. The lowest BCUT2D eigenvalue weighted by molar-refractivity contribution is 0.105. The van der Waals surface area contributed by atoms with E-state index in [1.807, 2.05) is 6.07 Å². The highest BCUT2D eigenvalue weighted by Crippen LogP contribution is 2.29. The van der Waals surface area contributed by atoms with Gasteiger partial charge in [0.2, 0.25) is 0 Å². The second kappa shape index (κ2) is 6.64. The highest BCUT2D eigenvalue weighted by molar-refractivity contribution is 7.90. The molecule has 6 nitrogen and oxygen atoms in total. The van der Waals surface area contributed by atoms with Crippen molar-refractivity contribution in [2.75, 3.05) is 42.7 Å². The van der Waals surface area contributed by atoms with E-state index in [4.69, 9.17) is 5.11 Å². The van der Waals surface area contributed by atoms with Gasteiger partial charge in [0.15, 0.2) is 9.84 Å². The molecule has 1 heterocycles. The van der Waals surface area contributed by atoms with Gasteiger partial charge in [0.05, 0.1) is 23.3 Å². The van der Waals surface area contributed by atoms with Crippen molar-refractivity contribution in [3.8, 4) is 0 Å². The van der Waals surface area contributed by atoms with Gasteiger partial charge in [-0.3, -0.25) is 0 Å². The van der Waals surface area contributed by atoms with E-state index in [2.05, 4.69) is 10.2 Å². The number of rotatable bonds is 6. The van der Waals surface area contributed by atoms with E-state index in [1.54, 1.807) is 12.1 Å². The van der Waals surface area contributed by atoms with Gasteiger partial charge in [-0.1, -0.05) is 0 Å². The summed E-state index contributed by atoms with van der Waals surface area (Å²) in [4.78, 5) is 2.41. The maximum Gasteiger partial charge on any atom is 0.177 e. The Morgan fingerprint density at radius 2 is 2.00 bits per heavy atom. The lowest BCUT2D eigenvalue weighted by Gasteiger charge is -2.21. The van der Waals surface area contributed by atoms with Crippen molar-refractivity contribution in [1.29, 1.82) is 0 Å². The van der Waals surface area contributed by atoms with Gasteiger partial charge in [0, 0.05) is 31.6 Å². The Balaban J connectivity index is 2.29. The maximum absolute atomic E-state index is 11.8. The van der Waals surface area contributed by atoms with Crippen LogP contribution < -0.4 is 10.2 Å². The molecule has 1 aromatic carbocycles. The molecule has 0 radical (unpaired) electrons. The number of hydrogen-bond acceptors (Lipinski definition) is 6. The topological polar surface area (TPSA) is 89.9 Å². The van der Waals surface area contributed by atoms with E-state index >= 15 is 0 Å². The molecule has 1 saturated heterocycles. The van der Waals surface area contributed by atoms with E-state index in [9.17, 15) is 13.5 Å². The van der Waals surface area contributed by atoms with Crippen LogP contribution in [-0.2, 0) is 9.84 Å². The third-order valence-corrected chi connectivity index (χ3v) is 4.73. The van der Waals surface area contributed by atoms with Gasteiger partial charge < -0.3 is 20.4 Å². The summed E-state index contributed by atoms with van der Waals surface area (Å²) in [6.45, 7) is 1.67. The van der Waals surface area contributed by atoms with Crippen LogP contribution in [0, 0.1) is 0 Å². The van der Waals surface area contributed by atoms with Gasteiger partial charge in [-0.2, -0.15) is 0 Å². The largest absolute Gasteiger partial charge is 0.394 e. The van der Waals surface area contributed by atoms with Crippen molar-refractivity contribution in [2.24, 2.45) is 0 Å². The minimum atomic E-state index is -3.35. The summed E-state index contributed by atoms with van der Waals surface area (Å²) in [5.74, 6) is 0. The molecule has 0 spiro atoms. The third kappa shape index (κ3) is 4.09. The number of nitrogens with zero attached hydrogens (tertiary/aromatic N) is 1. The molecule has 1 fully saturated rings. The summed E-state index contributed by atoms with van der Waals surface area (Å²) in [5, 5.41) is 21.2. The average Bonchev–Trinajstić information content (AvgIpc) is 2.97. The Bertz CT molecular complexity index is 583. The zero-order valence-electron chi connectivity index (χ0n) is 12.1. The summed E-state index contributed by atoms with van der Waals surface area (Å²) in [7, 11) is -3.35. The zero-order valence-corrected chi connectivity index (χ0v) is 12.9. The number of nitrogens with one attached hydrogen (secondary N) is 1. The van der Waals surface area contributed by atoms with Crippen molar-refractivity contribution in [3.63, 3.8) is 0 Å². The van der Waals surface area contributed by atoms with Crippen LogP contribution in [0.2, 0.25) is 0 Å². The predicted octanol–water partition coefficient (Wildman–Crippen LogP) is 0.455. The fourth-order valence-electron chi connectivity index (χ4n) is 2.44. The van der Waals surface area contributed by atoms with Gasteiger partial charge in [0.25, 0.3) is 0 Å². The molecule has 3 N–H and O–H groups in total. The number of aliphatic hydroxyl groups is 2. The van der Waals surface area contributed by atoms with Crippen molar-refractivity contribution in [2.45, 2.75) is 23.8 Å². The molecule has 118 valence electrons. The fourth-order valence-corrected chi connectivity index (χ4v) is 3.29. The van der Waals surface area contributed by atoms with E-state index in [0.29, 0.717) is 5.69 Å². The second-order valence-electron chi connectivity index (χ2n) is 5.36. The van der Waals surface area contributed by atoms with Crippen LogP contribution in [0.1, 0.15) is 12.8 Å². The van der Waals surface area contributed by atoms with Gasteiger partial charge in [-0.15, -0.1) is 0 Å². The standard InChI is InChI=1S/C14H22N2O4S/c1-21(19,20)14-5-4-11(16-6-2-3-7-16)8-13(14)15-9-12(18)10-17/h4-5,8,12,15,17-18H,2-3,6-7,9-10H2,1H3. The first-order valence-corrected chi connectivity index (χ1v) is 8.93. The van der Waals surface area contributed by atoms with Gasteiger partial charge in [-0.05, 0) is 31.0 Å². The molecular weight excluding hydrogens is 292 g/mol. The first-order valence-electron chi connectivity index (χ1n) is 7.03. The molecule has 2 rings (SSSR count). The van der Waals surface area contributed by atoms with E-state index in [1.165, 1.54) is 0 Å². The normalized spacial score (nSPS) is 17.0. The van der Waals surface area contributed by atoms with E-state index in [-0.39, 0.29) is 18.0 Å². The third-order valence-electron chi connectivity index (χ3n) is 3.57. The van der Waals surface area contributed by atoms with Gasteiger partial charge in [0.1, 0.15) is 0 Å². The average molecular weight is 314 g/mol. The summed E-state index contributed by atoms with van der Waals surface area (Å²) in [6, 6.07) is 5.21. The number of hydrogen-bond donors (Lipinski definition) is 3. The molecule has 1 aliphatic heterocycles. The monoisotopic (exact) mass is 314 g/mol. The molecule has 21 heavy (non-hydrogen) atoms. The Labute approximate surface area is 125 Å². The van der Waals surface area contributed by atoms with Crippen LogP contribution in [0.5, 0.6) is 0 Å². The lowest BCUT2D eigenvalue weighted by Crippen LogP contribution is -2.24. The van der Waals surface area contributed by atoms with Gasteiger partial charge in [-0.25, -0.2) is 8.42 Å². The Morgan fingerprint density at radius 1 is 1.33 bits per heavy atom. The van der Waals surface area contributed by atoms with Crippen molar-refractivity contribution in [3.05, 3.63) is 18.2 Å². The zero-order chi connectivity index (χ0) is 15.5. The Morgan fingerprint density at radius 3 is 2.57 bits per heavy atom. The van der Waals surface area contributed by atoms with Crippen LogP contribution in [-0.4, -0.2) is 57.2 Å². The highest BCUT2D eigenvalue weighted by atomic mass is 32.2. The molecule has 0 aliphatic carbocycles. The molecule has 0 amide bonds. The molecule has 0 aromatic heterocycles. The first-order chi connectivity index (χ1) is 9.91. The first kappa shape index (κ1) is 16.1. The quantitative estimate of drug-likeness (QED) is 0.706. The van der Waals surface area contributed by atoms with Crippen molar-refractivity contribution in [1.82, 2.24) is 0 Å². The predicted molar refractivity (Wildman–Crippen MR) is 82.6 cm³/mol. The fraction of sp³-hybridized carbons (Fsp3) is 0.571. The SMILES string of the molecule is CS(=O)(=O)c1ccc(N2CCCC2)cc1NCC(O)CO.